The second-order valence-corrected chi connectivity index (χ2v) is 7.36. The lowest BCUT2D eigenvalue weighted by atomic mass is 10.2. The van der Waals surface area contributed by atoms with E-state index < -0.39 is 5.97 Å². The molecule has 0 fully saturated rings. The molecule has 0 aromatic carbocycles. The van der Waals surface area contributed by atoms with Crippen LogP contribution < -0.4 is 0 Å². The second-order valence-electron chi connectivity index (χ2n) is 5.08. The fourth-order valence-electron chi connectivity index (χ4n) is 2.02. The molecule has 2 heterocycles. The van der Waals surface area contributed by atoms with Gasteiger partial charge in [0.15, 0.2) is 0 Å². The van der Waals surface area contributed by atoms with Crippen molar-refractivity contribution in [2.45, 2.75) is 39.9 Å². The van der Waals surface area contributed by atoms with Gasteiger partial charge in [0.2, 0.25) is 0 Å². The van der Waals surface area contributed by atoms with Crippen molar-refractivity contribution >= 4 is 28.6 Å². The van der Waals surface area contributed by atoms with E-state index in [1.54, 1.807) is 11.3 Å². The van der Waals surface area contributed by atoms with Crippen LogP contribution in [0.5, 0.6) is 0 Å². The molecule has 2 aromatic rings. The van der Waals surface area contributed by atoms with Gasteiger partial charge in [0.05, 0.1) is 0 Å². The first-order chi connectivity index (χ1) is 9.47. The molecule has 5 heteroatoms. The first-order valence-corrected chi connectivity index (χ1v) is 8.26. The van der Waals surface area contributed by atoms with Crippen molar-refractivity contribution < 1.29 is 9.90 Å². The number of hydrogen-bond donors (Lipinski definition) is 1. The zero-order chi connectivity index (χ0) is 14.7. The highest BCUT2D eigenvalue weighted by Gasteiger charge is 2.16. The van der Waals surface area contributed by atoms with Crippen LogP contribution in [0.1, 0.15) is 38.8 Å². The molecule has 0 amide bonds. The highest BCUT2D eigenvalue weighted by Crippen LogP contribution is 2.25. The molecule has 108 valence electrons. The van der Waals surface area contributed by atoms with Crippen LogP contribution in [-0.2, 0) is 13.1 Å². The van der Waals surface area contributed by atoms with Crippen LogP contribution in [0.2, 0.25) is 0 Å². The molecule has 3 nitrogen and oxygen atoms in total. The summed E-state index contributed by atoms with van der Waals surface area (Å²) in [6.45, 7) is 8.05. The van der Waals surface area contributed by atoms with Gasteiger partial charge in [-0.15, -0.1) is 22.7 Å². The third-order valence-electron chi connectivity index (χ3n) is 3.27. The molecule has 0 unspecified atom stereocenters. The summed E-state index contributed by atoms with van der Waals surface area (Å²) in [5.41, 5.74) is 1.12. The number of nitrogens with zero attached hydrogens (tertiary/aromatic N) is 1. The summed E-state index contributed by atoms with van der Waals surface area (Å²) in [4.78, 5) is 16.3. The highest BCUT2D eigenvalue weighted by atomic mass is 32.1. The third-order valence-corrected chi connectivity index (χ3v) is 5.22. The summed E-state index contributed by atoms with van der Waals surface area (Å²) < 4.78 is 0. The Morgan fingerprint density at radius 3 is 2.65 bits per heavy atom. The normalized spacial score (nSPS) is 11.4. The van der Waals surface area contributed by atoms with Gasteiger partial charge in [0.1, 0.15) is 4.88 Å². The smallest absolute Gasteiger partial charge is 0.345 e. The fraction of sp³-hybridized carbons (Fsp3) is 0.400. The quantitative estimate of drug-likeness (QED) is 0.868. The zero-order valence-electron chi connectivity index (χ0n) is 11.9. The standard InChI is InChI=1S/C15H19NO2S2/c1-10(2)16(9-13-5-4-6-19-13)8-12-7-14(15(17)18)20-11(12)3/h4-7,10H,8-9H2,1-3H3,(H,17,18). The van der Waals surface area contributed by atoms with E-state index in [9.17, 15) is 4.79 Å². The molecule has 0 aliphatic rings. The van der Waals surface area contributed by atoms with E-state index in [-0.39, 0.29) is 0 Å². The largest absolute Gasteiger partial charge is 0.477 e. The van der Waals surface area contributed by atoms with Gasteiger partial charge in [-0.2, -0.15) is 0 Å². The van der Waals surface area contributed by atoms with Crippen LogP contribution in [0.4, 0.5) is 0 Å². The van der Waals surface area contributed by atoms with E-state index >= 15 is 0 Å². The van der Waals surface area contributed by atoms with Gasteiger partial charge >= 0.3 is 5.97 Å². The molecule has 0 saturated carbocycles. The van der Waals surface area contributed by atoms with E-state index in [1.807, 2.05) is 13.0 Å². The van der Waals surface area contributed by atoms with Gasteiger partial charge < -0.3 is 5.11 Å². The minimum Gasteiger partial charge on any atom is -0.477 e. The maximum absolute atomic E-state index is 11.0. The lowest BCUT2D eigenvalue weighted by molar-refractivity contribution is 0.0702. The summed E-state index contributed by atoms with van der Waals surface area (Å²) >= 11 is 3.12. The molecule has 0 saturated heterocycles. The number of carboxylic acids is 1. The van der Waals surface area contributed by atoms with Crippen molar-refractivity contribution in [1.82, 2.24) is 4.90 Å². The summed E-state index contributed by atoms with van der Waals surface area (Å²) in [7, 11) is 0. The van der Waals surface area contributed by atoms with E-state index in [0.717, 1.165) is 23.5 Å². The van der Waals surface area contributed by atoms with Crippen LogP contribution in [0.3, 0.4) is 0 Å². The highest BCUT2D eigenvalue weighted by molar-refractivity contribution is 7.14. The number of carbonyl (C=O) groups is 1. The van der Waals surface area contributed by atoms with E-state index in [2.05, 4.69) is 36.3 Å². The molecule has 0 atom stereocenters. The molecular formula is C15H19NO2S2. The number of carboxylic acid groups (broad SMARTS) is 1. The first kappa shape index (κ1) is 15.2. The van der Waals surface area contributed by atoms with Crippen molar-refractivity contribution in [2.75, 3.05) is 0 Å². The minimum atomic E-state index is -0.835. The summed E-state index contributed by atoms with van der Waals surface area (Å²) in [5, 5.41) is 11.2. The predicted molar refractivity (Wildman–Crippen MR) is 84.7 cm³/mol. The van der Waals surface area contributed by atoms with Crippen molar-refractivity contribution in [3.63, 3.8) is 0 Å². The van der Waals surface area contributed by atoms with Gasteiger partial charge in [-0.05, 0) is 43.8 Å². The SMILES string of the molecule is Cc1sc(C(=O)O)cc1CN(Cc1cccs1)C(C)C. The molecule has 2 aromatic heterocycles. The number of aromatic carboxylic acids is 1. The second kappa shape index (κ2) is 6.52. The molecule has 0 aliphatic carbocycles. The number of rotatable bonds is 6. The lowest BCUT2D eigenvalue weighted by Gasteiger charge is -2.25. The van der Waals surface area contributed by atoms with Crippen LogP contribution in [0, 0.1) is 6.92 Å². The maximum atomic E-state index is 11.0. The van der Waals surface area contributed by atoms with Crippen molar-refractivity contribution in [1.29, 1.82) is 0 Å². The molecular weight excluding hydrogens is 290 g/mol. The van der Waals surface area contributed by atoms with Crippen molar-refractivity contribution in [3.05, 3.63) is 43.8 Å². The molecule has 0 spiro atoms. The van der Waals surface area contributed by atoms with Crippen LogP contribution >= 0.6 is 22.7 Å². The van der Waals surface area contributed by atoms with Gasteiger partial charge in [-0.3, -0.25) is 4.90 Å². The number of hydrogen-bond acceptors (Lipinski definition) is 4. The van der Waals surface area contributed by atoms with E-state index in [4.69, 9.17) is 5.11 Å². The Morgan fingerprint density at radius 2 is 2.15 bits per heavy atom. The summed E-state index contributed by atoms with van der Waals surface area (Å²) in [5.74, 6) is -0.835. The molecule has 1 N–H and O–H groups in total. The summed E-state index contributed by atoms with van der Waals surface area (Å²) in [6.07, 6.45) is 0. The maximum Gasteiger partial charge on any atom is 0.345 e. The molecule has 2 rings (SSSR count). The third kappa shape index (κ3) is 3.69. The Hall–Kier alpha value is -1.17. The predicted octanol–water partition coefficient (Wildman–Crippen LogP) is 4.23. The van der Waals surface area contributed by atoms with Crippen molar-refractivity contribution in [3.8, 4) is 0 Å². The Morgan fingerprint density at radius 1 is 1.40 bits per heavy atom. The average molecular weight is 309 g/mol. The molecule has 0 aliphatic heterocycles. The Labute approximate surface area is 127 Å². The Balaban J connectivity index is 2.13. The molecule has 0 radical (unpaired) electrons. The van der Waals surface area contributed by atoms with Gasteiger partial charge in [0, 0.05) is 28.9 Å². The zero-order valence-corrected chi connectivity index (χ0v) is 13.6. The monoisotopic (exact) mass is 309 g/mol. The average Bonchev–Trinajstić information content (AvgIpc) is 2.99. The summed E-state index contributed by atoms with van der Waals surface area (Å²) in [6, 6.07) is 6.44. The van der Waals surface area contributed by atoms with Crippen LogP contribution in [0.15, 0.2) is 23.6 Å². The topological polar surface area (TPSA) is 40.5 Å². The fourth-order valence-corrected chi connectivity index (χ4v) is 3.63. The molecule has 0 bridgehead atoms. The molecule has 20 heavy (non-hydrogen) atoms. The number of thiophene rings is 2. The first-order valence-electron chi connectivity index (χ1n) is 6.56. The van der Waals surface area contributed by atoms with Gasteiger partial charge in [-0.25, -0.2) is 4.79 Å². The lowest BCUT2D eigenvalue weighted by Crippen LogP contribution is -2.29. The number of aryl methyl sites for hydroxylation is 1. The minimum absolute atomic E-state index is 0.421. The van der Waals surface area contributed by atoms with Gasteiger partial charge in [-0.1, -0.05) is 6.07 Å². The van der Waals surface area contributed by atoms with Crippen LogP contribution in [0.25, 0.3) is 0 Å². The van der Waals surface area contributed by atoms with E-state index in [0.29, 0.717) is 10.9 Å². The van der Waals surface area contributed by atoms with Gasteiger partial charge in [0.25, 0.3) is 0 Å². The Bertz CT molecular complexity index is 573. The van der Waals surface area contributed by atoms with Crippen molar-refractivity contribution in [2.24, 2.45) is 0 Å². The Kier molecular flexibility index (Phi) is 4.96. The van der Waals surface area contributed by atoms with Crippen LogP contribution in [-0.4, -0.2) is 22.0 Å². The van der Waals surface area contributed by atoms with E-state index in [1.165, 1.54) is 16.2 Å².